The van der Waals surface area contributed by atoms with E-state index in [0.717, 1.165) is 5.56 Å². The smallest absolute Gasteiger partial charge is 0.264 e. The molecule has 0 spiro atoms. The van der Waals surface area contributed by atoms with E-state index in [0.29, 0.717) is 28.6 Å². The molecule has 2 atom stereocenters. The second-order valence-electron chi connectivity index (χ2n) is 7.83. The Balaban J connectivity index is 1.59. The lowest BCUT2D eigenvalue weighted by molar-refractivity contribution is -0.117. The number of rotatable bonds is 8. The highest BCUT2D eigenvalue weighted by Crippen LogP contribution is 2.50. The van der Waals surface area contributed by atoms with E-state index < -0.39 is 10.0 Å². The Morgan fingerprint density at radius 1 is 1.09 bits per heavy atom. The first kappa shape index (κ1) is 23.1. The van der Waals surface area contributed by atoms with Crippen LogP contribution in [-0.2, 0) is 14.8 Å². The van der Waals surface area contributed by atoms with Gasteiger partial charge in [-0.1, -0.05) is 48.0 Å². The quantitative estimate of drug-likeness (QED) is 0.470. The molecule has 0 aromatic heterocycles. The first-order valence-electron chi connectivity index (χ1n) is 10.7. The SMILES string of the molecule is CCN(c1ccccc1)S(=O)(=O)c1ccc(OC)c(NC(=O)C2CC2c2ccccc2Cl)c1. The van der Waals surface area contributed by atoms with Crippen molar-refractivity contribution in [1.82, 2.24) is 0 Å². The van der Waals surface area contributed by atoms with Crippen LogP contribution >= 0.6 is 11.6 Å². The Bertz CT molecular complexity index is 1260. The number of halogens is 1. The topological polar surface area (TPSA) is 75.7 Å². The molecule has 0 aliphatic heterocycles. The minimum atomic E-state index is -3.84. The molecule has 1 fully saturated rings. The van der Waals surface area contributed by atoms with Crippen molar-refractivity contribution in [2.75, 3.05) is 23.3 Å². The van der Waals surface area contributed by atoms with Gasteiger partial charge in [-0.05, 0) is 61.2 Å². The highest BCUT2D eigenvalue weighted by molar-refractivity contribution is 7.92. The number of nitrogens with zero attached hydrogens (tertiary/aromatic N) is 1. The summed E-state index contributed by atoms with van der Waals surface area (Å²) in [6.07, 6.45) is 0.688. The minimum absolute atomic E-state index is 0.0465. The van der Waals surface area contributed by atoms with Crippen molar-refractivity contribution in [2.24, 2.45) is 5.92 Å². The monoisotopic (exact) mass is 484 g/mol. The zero-order chi connectivity index (χ0) is 23.6. The lowest BCUT2D eigenvalue weighted by atomic mass is 10.1. The average Bonchev–Trinajstić information content (AvgIpc) is 3.61. The van der Waals surface area contributed by atoms with Gasteiger partial charge in [0.1, 0.15) is 5.75 Å². The summed E-state index contributed by atoms with van der Waals surface area (Å²) in [7, 11) is -2.37. The van der Waals surface area contributed by atoms with Gasteiger partial charge >= 0.3 is 0 Å². The molecular formula is C25H25ClN2O4S. The van der Waals surface area contributed by atoms with Crippen molar-refractivity contribution in [1.29, 1.82) is 0 Å². The van der Waals surface area contributed by atoms with Crippen molar-refractivity contribution in [3.8, 4) is 5.75 Å². The number of sulfonamides is 1. The second kappa shape index (κ2) is 9.45. The van der Waals surface area contributed by atoms with E-state index in [9.17, 15) is 13.2 Å². The van der Waals surface area contributed by atoms with Crippen molar-refractivity contribution in [2.45, 2.75) is 24.2 Å². The number of benzene rings is 3. The summed E-state index contributed by atoms with van der Waals surface area (Å²) in [6, 6.07) is 20.9. The molecule has 6 nitrogen and oxygen atoms in total. The summed E-state index contributed by atoms with van der Waals surface area (Å²) >= 11 is 6.28. The van der Waals surface area contributed by atoms with Gasteiger partial charge in [-0.3, -0.25) is 9.10 Å². The van der Waals surface area contributed by atoms with E-state index in [1.165, 1.54) is 23.5 Å². The van der Waals surface area contributed by atoms with Gasteiger partial charge in [0.2, 0.25) is 5.91 Å². The zero-order valence-electron chi connectivity index (χ0n) is 18.4. The largest absolute Gasteiger partial charge is 0.495 e. The van der Waals surface area contributed by atoms with Gasteiger partial charge in [-0.15, -0.1) is 0 Å². The van der Waals surface area contributed by atoms with Crippen LogP contribution in [0.4, 0.5) is 11.4 Å². The number of amides is 1. The lowest BCUT2D eigenvalue weighted by Gasteiger charge is -2.23. The molecule has 3 aromatic carbocycles. The van der Waals surface area contributed by atoms with Crippen LogP contribution in [0.3, 0.4) is 0 Å². The van der Waals surface area contributed by atoms with Crippen LogP contribution in [0.5, 0.6) is 5.75 Å². The fourth-order valence-corrected chi connectivity index (χ4v) is 5.76. The number of anilines is 2. The van der Waals surface area contributed by atoms with Gasteiger partial charge in [0.15, 0.2) is 0 Å². The van der Waals surface area contributed by atoms with E-state index in [4.69, 9.17) is 16.3 Å². The third kappa shape index (κ3) is 4.70. The van der Waals surface area contributed by atoms with Gasteiger partial charge in [0.05, 0.1) is 23.4 Å². The number of ether oxygens (including phenoxy) is 1. The maximum absolute atomic E-state index is 13.4. The van der Waals surface area contributed by atoms with Crippen molar-refractivity contribution < 1.29 is 17.9 Å². The molecule has 2 unspecified atom stereocenters. The Hall–Kier alpha value is -3.03. The van der Waals surface area contributed by atoms with Crippen molar-refractivity contribution in [3.63, 3.8) is 0 Å². The Morgan fingerprint density at radius 3 is 2.45 bits per heavy atom. The van der Waals surface area contributed by atoms with Crippen LogP contribution in [-0.4, -0.2) is 28.0 Å². The first-order chi connectivity index (χ1) is 15.9. The number of para-hydroxylation sites is 1. The van der Waals surface area contributed by atoms with E-state index >= 15 is 0 Å². The predicted molar refractivity (Wildman–Crippen MR) is 131 cm³/mol. The summed E-state index contributed by atoms with van der Waals surface area (Å²) in [5.74, 6) is 0.0137. The maximum atomic E-state index is 13.4. The molecule has 1 aliphatic rings. The molecule has 172 valence electrons. The van der Waals surface area contributed by atoms with Gasteiger partial charge < -0.3 is 10.1 Å². The van der Waals surface area contributed by atoms with E-state index in [1.807, 2.05) is 30.3 Å². The summed E-state index contributed by atoms with van der Waals surface area (Å²) < 4.78 is 33.5. The van der Waals surface area contributed by atoms with Crippen LogP contribution in [0.1, 0.15) is 24.8 Å². The van der Waals surface area contributed by atoms with Gasteiger partial charge in [-0.25, -0.2) is 8.42 Å². The Labute approximate surface area is 199 Å². The van der Waals surface area contributed by atoms with E-state index in [2.05, 4.69) is 5.32 Å². The summed E-state index contributed by atoms with van der Waals surface area (Å²) in [5, 5.41) is 3.50. The highest BCUT2D eigenvalue weighted by atomic mass is 35.5. The van der Waals surface area contributed by atoms with Crippen molar-refractivity contribution in [3.05, 3.63) is 83.4 Å². The third-order valence-corrected chi connectivity index (χ3v) is 8.02. The molecule has 1 saturated carbocycles. The van der Waals surface area contributed by atoms with Gasteiger partial charge in [-0.2, -0.15) is 0 Å². The molecule has 4 rings (SSSR count). The molecular weight excluding hydrogens is 460 g/mol. The molecule has 1 amide bonds. The number of carbonyl (C=O) groups excluding carboxylic acids is 1. The molecule has 1 aliphatic carbocycles. The molecule has 0 bridgehead atoms. The summed E-state index contributed by atoms with van der Waals surface area (Å²) in [6.45, 7) is 2.04. The standard InChI is InChI=1S/C25H25ClN2O4S/c1-3-28(17-9-5-4-6-10-17)33(30,31)18-13-14-24(32-2)23(15-18)27-25(29)21-16-20(21)19-11-7-8-12-22(19)26/h4-15,20-21H,3,16H2,1-2H3,(H,27,29). The van der Waals surface area contributed by atoms with Crippen molar-refractivity contribution >= 4 is 38.9 Å². The number of carbonyl (C=O) groups is 1. The van der Waals surface area contributed by atoms with Gasteiger partial charge in [0, 0.05) is 17.5 Å². The third-order valence-electron chi connectivity index (χ3n) is 5.78. The molecule has 33 heavy (non-hydrogen) atoms. The van der Waals surface area contributed by atoms with Crippen LogP contribution < -0.4 is 14.4 Å². The van der Waals surface area contributed by atoms with Crippen LogP contribution in [0, 0.1) is 5.92 Å². The van der Waals surface area contributed by atoms with Crippen LogP contribution in [0.2, 0.25) is 5.02 Å². The zero-order valence-corrected chi connectivity index (χ0v) is 19.9. The van der Waals surface area contributed by atoms with Gasteiger partial charge in [0.25, 0.3) is 10.0 Å². The number of methoxy groups -OCH3 is 1. The number of hydrogen-bond acceptors (Lipinski definition) is 4. The van der Waals surface area contributed by atoms with E-state index in [1.54, 1.807) is 37.3 Å². The Morgan fingerprint density at radius 2 is 1.79 bits per heavy atom. The average molecular weight is 485 g/mol. The van der Waals surface area contributed by atoms with E-state index in [-0.39, 0.29) is 29.2 Å². The number of hydrogen-bond donors (Lipinski definition) is 1. The van der Waals surface area contributed by atoms with Crippen LogP contribution in [0.15, 0.2) is 77.7 Å². The normalized spacial score (nSPS) is 17.3. The summed E-state index contributed by atoms with van der Waals surface area (Å²) in [5.41, 5.74) is 1.84. The Kier molecular flexibility index (Phi) is 6.63. The fraction of sp³-hybridized carbons (Fsp3) is 0.240. The highest BCUT2D eigenvalue weighted by Gasteiger charge is 2.45. The molecule has 1 N–H and O–H groups in total. The molecule has 8 heteroatoms. The first-order valence-corrected chi connectivity index (χ1v) is 12.5. The lowest BCUT2D eigenvalue weighted by Crippen LogP contribution is -2.30. The predicted octanol–water partition coefficient (Wildman–Crippen LogP) is 5.31. The molecule has 0 saturated heterocycles. The number of nitrogens with one attached hydrogen (secondary N) is 1. The minimum Gasteiger partial charge on any atom is -0.495 e. The fourth-order valence-electron chi connectivity index (χ4n) is 3.99. The van der Waals surface area contributed by atoms with Crippen LogP contribution in [0.25, 0.3) is 0 Å². The maximum Gasteiger partial charge on any atom is 0.264 e. The second-order valence-corrected chi connectivity index (χ2v) is 10.1. The molecule has 3 aromatic rings. The molecule has 0 radical (unpaired) electrons. The molecule has 0 heterocycles. The summed E-state index contributed by atoms with van der Waals surface area (Å²) in [4.78, 5) is 13.0.